The summed E-state index contributed by atoms with van der Waals surface area (Å²) < 4.78 is 0. The lowest BCUT2D eigenvalue weighted by Crippen LogP contribution is -2.47. The van der Waals surface area contributed by atoms with Crippen LogP contribution < -0.4 is 9.80 Å². The molecule has 1 fully saturated rings. The van der Waals surface area contributed by atoms with Crippen molar-refractivity contribution in [2.24, 2.45) is 0 Å². The Morgan fingerprint density at radius 2 is 1.48 bits per heavy atom. The summed E-state index contributed by atoms with van der Waals surface area (Å²) in [6, 6.07) is 18.1. The summed E-state index contributed by atoms with van der Waals surface area (Å²) in [4.78, 5) is 13.7. The molecule has 0 aliphatic carbocycles. The summed E-state index contributed by atoms with van der Waals surface area (Å²) >= 11 is 6.07. The molecule has 0 amide bonds. The maximum absolute atomic E-state index is 6.07. The molecule has 126 valence electrons. The van der Waals surface area contributed by atoms with Gasteiger partial charge >= 0.3 is 0 Å². The minimum absolute atomic E-state index is 0.743. The molecule has 0 bridgehead atoms. The van der Waals surface area contributed by atoms with Crippen LogP contribution in [-0.2, 0) is 0 Å². The van der Waals surface area contributed by atoms with E-state index in [4.69, 9.17) is 11.6 Å². The second-order valence-corrected chi connectivity index (χ2v) is 6.51. The second kappa shape index (κ2) is 7.11. The number of nitrogens with zero attached hydrogens (tertiary/aromatic N) is 4. The van der Waals surface area contributed by atoms with Crippen molar-refractivity contribution in [3.05, 3.63) is 72.0 Å². The van der Waals surface area contributed by atoms with Gasteiger partial charge in [0.15, 0.2) is 0 Å². The molecule has 1 aromatic carbocycles. The molecule has 4 rings (SSSR count). The smallest absolute Gasteiger partial charge is 0.128 e. The first-order valence-corrected chi connectivity index (χ1v) is 8.80. The van der Waals surface area contributed by atoms with E-state index in [1.165, 1.54) is 0 Å². The summed E-state index contributed by atoms with van der Waals surface area (Å²) in [5, 5.41) is 0.743. The fraction of sp³-hybridized carbons (Fsp3) is 0.200. The Bertz CT molecular complexity index is 828. The lowest BCUT2D eigenvalue weighted by Gasteiger charge is -2.36. The zero-order valence-electron chi connectivity index (χ0n) is 13.8. The lowest BCUT2D eigenvalue weighted by molar-refractivity contribution is 0.642. The van der Waals surface area contributed by atoms with E-state index in [1.54, 1.807) is 0 Å². The molecule has 3 aromatic rings. The topological polar surface area (TPSA) is 32.3 Å². The number of aromatic nitrogens is 2. The van der Waals surface area contributed by atoms with Crippen LogP contribution in [0.25, 0.3) is 11.1 Å². The molecular formula is C20H19ClN4. The van der Waals surface area contributed by atoms with Gasteiger partial charge in [-0.1, -0.05) is 29.8 Å². The third-order valence-electron chi connectivity index (χ3n) is 4.48. The molecule has 3 heterocycles. The van der Waals surface area contributed by atoms with Gasteiger partial charge in [0.25, 0.3) is 0 Å². The molecule has 0 radical (unpaired) electrons. The highest BCUT2D eigenvalue weighted by atomic mass is 35.5. The first-order valence-electron chi connectivity index (χ1n) is 8.42. The average molecular weight is 351 g/mol. The number of piperazine rings is 1. The summed E-state index contributed by atoms with van der Waals surface area (Å²) in [5.41, 5.74) is 2.17. The predicted molar refractivity (Wildman–Crippen MR) is 103 cm³/mol. The summed E-state index contributed by atoms with van der Waals surface area (Å²) in [5.74, 6) is 2.07. The van der Waals surface area contributed by atoms with Crippen LogP contribution in [0.3, 0.4) is 0 Å². The number of pyridine rings is 2. The van der Waals surface area contributed by atoms with Crippen LogP contribution in [0.15, 0.2) is 67.0 Å². The Morgan fingerprint density at radius 3 is 2.08 bits per heavy atom. The van der Waals surface area contributed by atoms with Gasteiger partial charge in [0, 0.05) is 49.2 Å². The molecule has 5 heteroatoms. The van der Waals surface area contributed by atoms with E-state index in [2.05, 4.69) is 38.0 Å². The monoisotopic (exact) mass is 350 g/mol. The predicted octanol–water partition coefficient (Wildman–Crippen LogP) is 4.12. The van der Waals surface area contributed by atoms with Crippen molar-refractivity contribution >= 4 is 23.2 Å². The number of rotatable bonds is 3. The van der Waals surface area contributed by atoms with Crippen molar-refractivity contribution in [3.8, 4) is 11.1 Å². The lowest BCUT2D eigenvalue weighted by atomic mass is 10.1. The molecule has 0 unspecified atom stereocenters. The van der Waals surface area contributed by atoms with Gasteiger partial charge in [0.05, 0.1) is 0 Å². The zero-order chi connectivity index (χ0) is 17.1. The van der Waals surface area contributed by atoms with E-state index in [0.717, 1.165) is 54.0 Å². The van der Waals surface area contributed by atoms with E-state index in [-0.39, 0.29) is 0 Å². The first kappa shape index (κ1) is 15.9. The average Bonchev–Trinajstić information content (AvgIpc) is 2.69. The summed E-state index contributed by atoms with van der Waals surface area (Å²) in [7, 11) is 0. The molecule has 2 aromatic heterocycles. The van der Waals surface area contributed by atoms with Gasteiger partial charge in [-0.3, -0.25) is 0 Å². The van der Waals surface area contributed by atoms with Crippen LogP contribution in [0, 0.1) is 0 Å². The van der Waals surface area contributed by atoms with Crippen LogP contribution >= 0.6 is 11.6 Å². The third kappa shape index (κ3) is 3.59. The van der Waals surface area contributed by atoms with Gasteiger partial charge in [-0.2, -0.15) is 0 Å². The number of benzene rings is 1. The van der Waals surface area contributed by atoms with Crippen molar-refractivity contribution in [1.29, 1.82) is 0 Å². The van der Waals surface area contributed by atoms with Crippen molar-refractivity contribution in [1.82, 2.24) is 9.97 Å². The van der Waals surface area contributed by atoms with E-state index < -0.39 is 0 Å². The maximum atomic E-state index is 6.07. The normalized spacial score (nSPS) is 14.6. The Kier molecular flexibility index (Phi) is 4.53. The van der Waals surface area contributed by atoms with Crippen molar-refractivity contribution < 1.29 is 0 Å². The fourth-order valence-corrected chi connectivity index (χ4v) is 3.31. The van der Waals surface area contributed by atoms with Crippen LogP contribution in [0.1, 0.15) is 0 Å². The van der Waals surface area contributed by atoms with Gasteiger partial charge in [-0.25, -0.2) is 9.97 Å². The minimum Gasteiger partial charge on any atom is -0.353 e. The van der Waals surface area contributed by atoms with Gasteiger partial charge in [0.1, 0.15) is 11.6 Å². The molecule has 0 spiro atoms. The minimum atomic E-state index is 0.743. The van der Waals surface area contributed by atoms with Gasteiger partial charge in [0.2, 0.25) is 0 Å². The standard InChI is InChI=1S/C20H19ClN4/c21-18-5-3-4-16(14-18)17-7-8-20(23-15-17)25-12-10-24(11-13-25)19-6-1-2-9-22-19/h1-9,14-15H,10-13H2. The highest BCUT2D eigenvalue weighted by molar-refractivity contribution is 6.30. The number of hydrogen-bond donors (Lipinski definition) is 0. The Hall–Kier alpha value is -2.59. The van der Waals surface area contributed by atoms with Gasteiger partial charge in [-0.15, -0.1) is 0 Å². The Balaban J connectivity index is 1.43. The maximum Gasteiger partial charge on any atom is 0.128 e. The molecule has 25 heavy (non-hydrogen) atoms. The number of halogens is 1. The molecule has 0 N–H and O–H groups in total. The van der Waals surface area contributed by atoms with Crippen LogP contribution in [0.5, 0.6) is 0 Å². The summed E-state index contributed by atoms with van der Waals surface area (Å²) in [6.45, 7) is 3.80. The molecule has 1 aliphatic heterocycles. The largest absolute Gasteiger partial charge is 0.353 e. The summed E-state index contributed by atoms with van der Waals surface area (Å²) in [6.07, 6.45) is 3.77. The van der Waals surface area contributed by atoms with E-state index >= 15 is 0 Å². The molecule has 1 saturated heterocycles. The van der Waals surface area contributed by atoms with Crippen LogP contribution in [0.4, 0.5) is 11.6 Å². The molecule has 4 nitrogen and oxygen atoms in total. The molecule has 0 saturated carbocycles. The highest BCUT2D eigenvalue weighted by Gasteiger charge is 2.18. The van der Waals surface area contributed by atoms with E-state index in [1.807, 2.05) is 48.8 Å². The van der Waals surface area contributed by atoms with Crippen LogP contribution in [-0.4, -0.2) is 36.1 Å². The second-order valence-electron chi connectivity index (χ2n) is 6.08. The van der Waals surface area contributed by atoms with Gasteiger partial charge in [-0.05, 0) is 42.0 Å². The third-order valence-corrected chi connectivity index (χ3v) is 4.72. The molecule has 0 atom stereocenters. The van der Waals surface area contributed by atoms with Crippen molar-refractivity contribution in [3.63, 3.8) is 0 Å². The number of anilines is 2. The highest BCUT2D eigenvalue weighted by Crippen LogP contribution is 2.24. The Labute approximate surface area is 152 Å². The van der Waals surface area contributed by atoms with Crippen molar-refractivity contribution in [2.75, 3.05) is 36.0 Å². The Morgan fingerprint density at radius 1 is 0.720 bits per heavy atom. The first-order chi connectivity index (χ1) is 12.3. The zero-order valence-corrected chi connectivity index (χ0v) is 14.6. The van der Waals surface area contributed by atoms with E-state index in [0.29, 0.717) is 0 Å². The number of hydrogen-bond acceptors (Lipinski definition) is 4. The molecular weight excluding hydrogens is 332 g/mol. The molecule has 1 aliphatic rings. The van der Waals surface area contributed by atoms with Gasteiger partial charge < -0.3 is 9.80 Å². The van der Waals surface area contributed by atoms with E-state index in [9.17, 15) is 0 Å². The van der Waals surface area contributed by atoms with Crippen molar-refractivity contribution in [2.45, 2.75) is 0 Å². The fourth-order valence-electron chi connectivity index (χ4n) is 3.12. The van der Waals surface area contributed by atoms with Crippen LogP contribution in [0.2, 0.25) is 5.02 Å². The quantitative estimate of drug-likeness (QED) is 0.711. The SMILES string of the molecule is Clc1cccc(-c2ccc(N3CCN(c4ccccn4)CC3)nc2)c1.